The van der Waals surface area contributed by atoms with Crippen molar-refractivity contribution >= 4 is 22.9 Å². The molecule has 2 nitrogen and oxygen atoms in total. The van der Waals surface area contributed by atoms with Crippen molar-refractivity contribution in [3.05, 3.63) is 20.8 Å². The summed E-state index contributed by atoms with van der Waals surface area (Å²) in [5, 5.41) is 3.82. The number of rotatable bonds is 2. The molecule has 2 aliphatic rings. The Bertz CT molecular complexity index is 404. The Kier molecular flexibility index (Phi) is 3.44. The van der Waals surface area contributed by atoms with E-state index < -0.39 is 0 Å². The number of likely N-dealkylation sites (tertiary alicyclic amines) is 1. The summed E-state index contributed by atoms with van der Waals surface area (Å²) in [6.07, 6.45) is 5.06. The standard InChI is InChI=1S/C13H19ClN2S/c1-16-6-5-9(8-16)15-11-3-2-4-12-10(11)7-13(14)17-12/h7,9,11,15H,2-6,8H2,1H3. The van der Waals surface area contributed by atoms with Crippen LogP contribution in [0.4, 0.5) is 0 Å². The molecule has 1 fully saturated rings. The van der Waals surface area contributed by atoms with Gasteiger partial charge in [0, 0.05) is 23.5 Å². The van der Waals surface area contributed by atoms with Crippen LogP contribution in [0, 0.1) is 0 Å². The quantitative estimate of drug-likeness (QED) is 0.889. The Balaban J connectivity index is 1.72. The van der Waals surface area contributed by atoms with Gasteiger partial charge < -0.3 is 10.2 Å². The number of halogens is 1. The summed E-state index contributed by atoms with van der Waals surface area (Å²) in [6, 6.07) is 3.38. The van der Waals surface area contributed by atoms with Gasteiger partial charge in [0.2, 0.25) is 0 Å². The lowest BCUT2D eigenvalue weighted by Gasteiger charge is -2.27. The van der Waals surface area contributed by atoms with Gasteiger partial charge in [-0.15, -0.1) is 11.3 Å². The minimum Gasteiger partial charge on any atom is -0.306 e. The summed E-state index contributed by atoms with van der Waals surface area (Å²) in [6.45, 7) is 2.41. The third-order valence-electron chi connectivity index (χ3n) is 3.91. The van der Waals surface area contributed by atoms with Crippen molar-refractivity contribution in [3.8, 4) is 0 Å². The fraction of sp³-hybridized carbons (Fsp3) is 0.692. The zero-order valence-corrected chi connectivity index (χ0v) is 11.8. The molecule has 0 amide bonds. The molecule has 3 rings (SSSR count). The van der Waals surface area contributed by atoms with Crippen molar-refractivity contribution in [2.45, 2.75) is 37.8 Å². The minimum atomic E-state index is 0.541. The maximum absolute atomic E-state index is 6.14. The van der Waals surface area contributed by atoms with Crippen LogP contribution in [0.2, 0.25) is 4.34 Å². The van der Waals surface area contributed by atoms with E-state index in [1.54, 1.807) is 11.3 Å². The van der Waals surface area contributed by atoms with Gasteiger partial charge >= 0.3 is 0 Å². The molecule has 0 spiro atoms. The first-order valence-electron chi connectivity index (χ1n) is 6.45. The lowest BCUT2D eigenvalue weighted by molar-refractivity contribution is 0.367. The average molecular weight is 271 g/mol. The summed E-state index contributed by atoms with van der Waals surface area (Å²) in [7, 11) is 2.20. The summed E-state index contributed by atoms with van der Waals surface area (Å²) >= 11 is 7.91. The second-order valence-corrected chi connectivity index (χ2v) is 7.06. The molecule has 1 aromatic heterocycles. The second-order valence-electron chi connectivity index (χ2n) is 5.29. The van der Waals surface area contributed by atoms with E-state index in [9.17, 15) is 0 Å². The van der Waals surface area contributed by atoms with E-state index in [2.05, 4.69) is 23.3 Å². The molecule has 1 N–H and O–H groups in total. The monoisotopic (exact) mass is 270 g/mol. The summed E-state index contributed by atoms with van der Waals surface area (Å²) in [4.78, 5) is 3.91. The Hall–Kier alpha value is -0.0900. The Labute approximate surface area is 112 Å². The second kappa shape index (κ2) is 4.88. The molecule has 2 unspecified atom stereocenters. The molecule has 17 heavy (non-hydrogen) atoms. The SMILES string of the molecule is CN1CCC(NC2CCCc3sc(Cl)cc32)C1. The topological polar surface area (TPSA) is 15.3 Å². The van der Waals surface area contributed by atoms with Crippen molar-refractivity contribution in [1.29, 1.82) is 0 Å². The lowest BCUT2D eigenvalue weighted by Crippen LogP contribution is -2.35. The van der Waals surface area contributed by atoms with Gasteiger partial charge in [-0.05, 0) is 50.9 Å². The normalized spacial score (nSPS) is 29.5. The summed E-state index contributed by atoms with van der Waals surface area (Å²) in [5.74, 6) is 0. The average Bonchev–Trinajstić information content (AvgIpc) is 2.84. The highest BCUT2D eigenvalue weighted by molar-refractivity contribution is 7.16. The number of hydrogen-bond donors (Lipinski definition) is 1. The van der Waals surface area contributed by atoms with Crippen LogP contribution in [0.5, 0.6) is 0 Å². The van der Waals surface area contributed by atoms with Crippen LogP contribution in [0.25, 0.3) is 0 Å². The molecule has 94 valence electrons. The van der Waals surface area contributed by atoms with E-state index in [1.807, 2.05) is 0 Å². The number of thiophene rings is 1. The van der Waals surface area contributed by atoms with Crippen molar-refractivity contribution in [2.24, 2.45) is 0 Å². The first-order chi connectivity index (χ1) is 8.22. The molecular weight excluding hydrogens is 252 g/mol. The van der Waals surface area contributed by atoms with Crippen LogP contribution in [-0.2, 0) is 6.42 Å². The maximum atomic E-state index is 6.14. The molecule has 0 bridgehead atoms. The highest BCUT2D eigenvalue weighted by Crippen LogP contribution is 2.38. The number of likely N-dealkylation sites (N-methyl/N-ethyl adjacent to an activating group) is 1. The molecule has 1 aromatic rings. The van der Waals surface area contributed by atoms with E-state index in [-0.39, 0.29) is 0 Å². The smallest absolute Gasteiger partial charge is 0.0934 e. The third kappa shape index (κ3) is 2.53. The van der Waals surface area contributed by atoms with Crippen molar-refractivity contribution in [1.82, 2.24) is 10.2 Å². The number of nitrogens with one attached hydrogen (secondary N) is 1. The van der Waals surface area contributed by atoms with E-state index in [4.69, 9.17) is 11.6 Å². The summed E-state index contributed by atoms with van der Waals surface area (Å²) < 4.78 is 0.951. The van der Waals surface area contributed by atoms with Gasteiger partial charge in [0.1, 0.15) is 0 Å². The zero-order chi connectivity index (χ0) is 11.8. The third-order valence-corrected chi connectivity index (χ3v) is 5.25. The van der Waals surface area contributed by atoms with Crippen molar-refractivity contribution in [2.75, 3.05) is 20.1 Å². The van der Waals surface area contributed by atoms with Crippen molar-refractivity contribution in [3.63, 3.8) is 0 Å². The first-order valence-corrected chi connectivity index (χ1v) is 7.64. The van der Waals surface area contributed by atoms with Crippen LogP contribution in [-0.4, -0.2) is 31.1 Å². The van der Waals surface area contributed by atoms with E-state index in [0.29, 0.717) is 12.1 Å². The first kappa shape index (κ1) is 12.0. The molecule has 1 saturated heterocycles. The van der Waals surface area contributed by atoms with Crippen LogP contribution in [0.15, 0.2) is 6.07 Å². The Morgan fingerprint density at radius 2 is 2.35 bits per heavy atom. The Morgan fingerprint density at radius 1 is 1.47 bits per heavy atom. The number of aryl methyl sites for hydroxylation is 1. The highest BCUT2D eigenvalue weighted by Gasteiger charge is 2.27. The molecule has 0 radical (unpaired) electrons. The number of nitrogens with zero attached hydrogens (tertiary/aromatic N) is 1. The maximum Gasteiger partial charge on any atom is 0.0934 e. The van der Waals surface area contributed by atoms with Gasteiger partial charge in [0.05, 0.1) is 4.34 Å². The molecule has 4 heteroatoms. The Morgan fingerprint density at radius 3 is 3.12 bits per heavy atom. The highest BCUT2D eigenvalue weighted by atomic mass is 35.5. The molecule has 0 saturated carbocycles. The van der Waals surface area contributed by atoms with Gasteiger partial charge in [0.25, 0.3) is 0 Å². The summed E-state index contributed by atoms with van der Waals surface area (Å²) in [5.41, 5.74) is 1.47. The molecule has 1 aliphatic heterocycles. The van der Waals surface area contributed by atoms with Gasteiger partial charge in [-0.2, -0.15) is 0 Å². The molecule has 2 atom stereocenters. The lowest BCUT2D eigenvalue weighted by atomic mass is 9.93. The predicted molar refractivity (Wildman–Crippen MR) is 74.0 cm³/mol. The number of fused-ring (bicyclic) bond motifs is 1. The van der Waals surface area contributed by atoms with Crippen LogP contribution >= 0.6 is 22.9 Å². The van der Waals surface area contributed by atoms with Crippen LogP contribution in [0.1, 0.15) is 35.7 Å². The number of hydrogen-bond acceptors (Lipinski definition) is 3. The van der Waals surface area contributed by atoms with Crippen LogP contribution in [0.3, 0.4) is 0 Å². The van der Waals surface area contributed by atoms with E-state index >= 15 is 0 Å². The van der Waals surface area contributed by atoms with Gasteiger partial charge in [0.15, 0.2) is 0 Å². The molecule has 2 heterocycles. The largest absolute Gasteiger partial charge is 0.306 e. The van der Waals surface area contributed by atoms with Crippen molar-refractivity contribution < 1.29 is 0 Å². The predicted octanol–water partition coefficient (Wildman–Crippen LogP) is 3.07. The fourth-order valence-electron chi connectivity index (χ4n) is 3.05. The molecular formula is C13H19ClN2S. The van der Waals surface area contributed by atoms with E-state index in [0.717, 1.165) is 4.34 Å². The molecule has 0 aromatic carbocycles. The van der Waals surface area contributed by atoms with Gasteiger partial charge in [-0.3, -0.25) is 0 Å². The minimum absolute atomic E-state index is 0.541. The van der Waals surface area contributed by atoms with Gasteiger partial charge in [-0.25, -0.2) is 0 Å². The fourth-order valence-corrected chi connectivity index (χ4v) is 4.43. The molecule has 1 aliphatic carbocycles. The van der Waals surface area contributed by atoms with E-state index in [1.165, 1.54) is 49.2 Å². The zero-order valence-electron chi connectivity index (χ0n) is 10.2. The van der Waals surface area contributed by atoms with Gasteiger partial charge in [-0.1, -0.05) is 11.6 Å². The van der Waals surface area contributed by atoms with Crippen LogP contribution < -0.4 is 5.32 Å².